The van der Waals surface area contributed by atoms with E-state index in [1.165, 1.54) is 5.56 Å². The summed E-state index contributed by atoms with van der Waals surface area (Å²) >= 11 is 6.00. The summed E-state index contributed by atoms with van der Waals surface area (Å²) in [5, 5.41) is 3.69. The first kappa shape index (κ1) is 19.2. The van der Waals surface area contributed by atoms with E-state index >= 15 is 0 Å². The van der Waals surface area contributed by atoms with Gasteiger partial charge in [0.15, 0.2) is 0 Å². The average Bonchev–Trinajstić information content (AvgIpc) is 3.07. The highest BCUT2D eigenvalue weighted by molar-refractivity contribution is 6.30. The molecule has 0 saturated heterocycles. The summed E-state index contributed by atoms with van der Waals surface area (Å²) in [5.74, 6) is 0.778. The highest BCUT2D eigenvalue weighted by Crippen LogP contribution is 2.20. The van der Waals surface area contributed by atoms with Gasteiger partial charge < -0.3 is 9.88 Å². The lowest BCUT2D eigenvalue weighted by Crippen LogP contribution is -2.20. The zero-order chi connectivity index (χ0) is 20.2. The smallest absolute Gasteiger partial charge is 0.244 e. The second kappa shape index (κ2) is 8.50. The monoisotopic (exact) mass is 403 g/mol. The van der Waals surface area contributed by atoms with Gasteiger partial charge in [-0.3, -0.25) is 4.79 Å². The minimum atomic E-state index is -0.0743. The first-order valence-corrected chi connectivity index (χ1v) is 10.1. The Bertz CT molecular complexity index is 1130. The van der Waals surface area contributed by atoms with Crippen LogP contribution in [-0.4, -0.2) is 15.5 Å². The molecule has 5 heteroatoms. The molecule has 4 nitrogen and oxygen atoms in total. The lowest BCUT2D eigenvalue weighted by Gasteiger charge is -2.11. The Balaban J connectivity index is 1.59. The first-order chi connectivity index (χ1) is 14.1. The number of carbonyl (C=O) groups is 1. The van der Waals surface area contributed by atoms with Crippen LogP contribution < -0.4 is 5.32 Å². The average molecular weight is 404 g/mol. The van der Waals surface area contributed by atoms with Gasteiger partial charge in [-0.05, 0) is 53.9 Å². The molecule has 0 spiro atoms. The number of hydrogen-bond donors (Lipinski definition) is 1. The van der Waals surface area contributed by atoms with E-state index in [9.17, 15) is 4.79 Å². The fraction of sp³-hybridized carbons (Fsp3) is 0.167. The summed E-state index contributed by atoms with van der Waals surface area (Å²) in [6.07, 6.45) is 1.60. The fourth-order valence-electron chi connectivity index (χ4n) is 3.39. The molecule has 3 aromatic carbocycles. The van der Waals surface area contributed by atoms with Gasteiger partial charge in [-0.2, -0.15) is 0 Å². The van der Waals surface area contributed by atoms with E-state index in [0.717, 1.165) is 34.5 Å². The minimum Gasteiger partial charge on any atom is -0.325 e. The molecule has 4 rings (SSSR count). The number of nitrogens with one attached hydrogen (secondary N) is 1. The number of anilines is 1. The van der Waals surface area contributed by atoms with Crippen LogP contribution in [-0.2, 0) is 24.2 Å². The molecule has 0 bridgehead atoms. The van der Waals surface area contributed by atoms with Crippen LogP contribution in [0.25, 0.3) is 11.0 Å². The Morgan fingerprint density at radius 3 is 2.38 bits per heavy atom. The number of aromatic nitrogens is 2. The van der Waals surface area contributed by atoms with Gasteiger partial charge in [0.05, 0.1) is 11.0 Å². The number of amides is 1. The second-order valence-corrected chi connectivity index (χ2v) is 7.44. The maximum Gasteiger partial charge on any atom is 0.244 e. The van der Waals surface area contributed by atoms with Crippen molar-refractivity contribution in [3.63, 3.8) is 0 Å². The van der Waals surface area contributed by atoms with Crippen LogP contribution in [0.15, 0.2) is 72.8 Å². The van der Waals surface area contributed by atoms with Gasteiger partial charge >= 0.3 is 0 Å². The van der Waals surface area contributed by atoms with Gasteiger partial charge in [0.2, 0.25) is 5.91 Å². The summed E-state index contributed by atoms with van der Waals surface area (Å²) in [4.78, 5) is 17.5. The van der Waals surface area contributed by atoms with E-state index in [4.69, 9.17) is 16.6 Å². The van der Waals surface area contributed by atoms with Crippen LogP contribution >= 0.6 is 11.6 Å². The highest BCUT2D eigenvalue weighted by atomic mass is 35.5. The molecular formula is C24H22ClN3O. The van der Waals surface area contributed by atoms with Gasteiger partial charge in [-0.1, -0.05) is 54.9 Å². The number of hydrogen-bond acceptors (Lipinski definition) is 2. The molecule has 0 fully saturated rings. The van der Waals surface area contributed by atoms with Crippen LogP contribution in [0.5, 0.6) is 0 Å². The normalized spacial score (nSPS) is 11.0. The van der Waals surface area contributed by atoms with E-state index in [1.54, 1.807) is 0 Å². The molecular weight excluding hydrogens is 382 g/mol. The van der Waals surface area contributed by atoms with Crippen LogP contribution in [0.3, 0.4) is 0 Å². The van der Waals surface area contributed by atoms with Gasteiger partial charge in [-0.15, -0.1) is 0 Å². The number of benzene rings is 3. The van der Waals surface area contributed by atoms with Crippen LogP contribution in [0.2, 0.25) is 5.02 Å². The van der Waals surface area contributed by atoms with Crippen molar-refractivity contribution in [1.29, 1.82) is 0 Å². The lowest BCUT2D eigenvalue weighted by atomic mass is 10.1. The third-order valence-electron chi connectivity index (χ3n) is 4.96. The molecule has 1 aromatic heterocycles. The maximum absolute atomic E-state index is 12.8. The number of imidazole rings is 1. The van der Waals surface area contributed by atoms with Crippen molar-refractivity contribution in [2.75, 3.05) is 5.32 Å². The van der Waals surface area contributed by atoms with E-state index in [-0.39, 0.29) is 12.5 Å². The highest BCUT2D eigenvalue weighted by Gasteiger charge is 2.14. The summed E-state index contributed by atoms with van der Waals surface area (Å²) in [6, 6.07) is 23.6. The van der Waals surface area contributed by atoms with E-state index < -0.39 is 0 Å². The van der Waals surface area contributed by atoms with Gasteiger partial charge in [0.1, 0.15) is 12.4 Å². The van der Waals surface area contributed by atoms with Gasteiger partial charge in [-0.25, -0.2) is 4.98 Å². The molecule has 1 amide bonds. The summed E-state index contributed by atoms with van der Waals surface area (Å²) in [7, 11) is 0. The maximum atomic E-state index is 12.8. The van der Waals surface area contributed by atoms with Crippen molar-refractivity contribution < 1.29 is 4.79 Å². The Kier molecular flexibility index (Phi) is 5.63. The van der Waals surface area contributed by atoms with Crippen LogP contribution in [0, 0.1) is 0 Å². The summed E-state index contributed by atoms with van der Waals surface area (Å²) in [5.41, 5.74) is 4.98. The molecule has 0 radical (unpaired) electrons. The van der Waals surface area contributed by atoms with Crippen LogP contribution in [0.1, 0.15) is 23.9 Å². The quantitative estimate of drug-likeness (QED) is 0.463. The number of nitrogens with zero attached hydrogens (tertiary/aromatic N) is 2. The van der Waals surface area contributed by atoms with Gasteiger partial charge in [0.25, 0.3) is 0 Å². The number of halogens is 1. The predicted molar refractivity (Wildman–Crippen MR) is 118 cm³/mol. The topological polar surface area (TPSA) is 46.9 Å². The van der Waals surface area contributed by atoms with Gasteiger partial charge in [0, 0.05) is 17.1 Å². The van der Waals surface area contributed by atoms with Crippen molar-refractivity contribution in [1.82, 2.24) is 9.55 Å². The second-order valence-electron chi connectivity index (χ2n) is 7.00. The van der Waals surface area contributed by atoms with E-state index in [0.29, 0.717) is 11.4 Å². The zero-order valence-corrected chi connectivity index (χ0v) is 17.0. The molecule has 1 heterocycles. The number of rotatable bonds is 6. The number of fused-ring (bicyclic) bond motifs is 1. The molecule has 29 heavy (non-hydrogen) atoms. The molecule has 0 unspecified atom stereocenters. The standard InChI is InChI=1S/C24H22ClN3O/c1-2-17-9-13-20(14-10-17)26-24(29)16-28-22-6-4-3-5-21(22)27-23(28)15-18-7-11-19(25)12-8-18/h3-14H,2,15-16H2,1H3,(H,26,29). The van der Waals surface area contributed by atoms with E-state index in [1.807, 2.05) is 77.4 Å². The summed E-state index contributed by atoms with van der Waals surface area (Å²) < 4.78 is 1.99. The SMILES string of the molecule is CCc1ccc(NC(=O)Cn2c(Cc3ccc(Cl)cc3)nc3ccccc32)cc1. The Labute approximate surface area is 175 Å². The largest absolute Gasteiger partial charge is 0.325 e. The predicted octanol–water partition coefficient (Wildman–Crippen LogP) is 5.48. The van der Waals surface area contributed by atoms with Crippen molar-refractivity contribution in [2.24, 2.45) is 0 Å². The van der Waals surface area contributed by atoms with Crippen molar-refractivity contribution in [3.05, 3.63) is 94.8 Å². The zero-order valence-electron chi connectivity index (χ0n) is 16.2. The third kappa shape index (κ3) is 4.49. The number of carbonyl (C=O) groups excluding carboxylic acids is 1. The molecule has 0 atom stereocenters. The molecule has 146 valence electrons. The number of para-hydroxylation sites is 2. The first-order valence-electron chi connectivity index (χ1n) is 9.70. The summed E-state index contributed by atoms with van der Waals surface area (Å²) in [6.45, 7) is 2.32. The van der Waals surface area contributed by atoms with E-state index in [2.05, 4.69) is 12.2 Å². The van der Waals surface area contributed by atoms with Crippen LogP contribution in [0.4, 0.5) is 5.69 Å². The molecule has 4 aromatic rings. The molecule has 0 aliphatic heterocycles. The Morgan fingerprint density at radius 1 is 0.966 bits per heavy atom. The van der Waals surface area contributed by atoms with Crippen molar-refractivity contribution in [2.45, 2.75) is 26.3 Å². The fourth-order valence-corrected chi connectivity index (χ4v) is 3.52. The van der Waals surface area contributed by atoms with Crippen molar-refractivity contribution >= 4 is 34.2 Å². The lowest BCUT2D eigenvalue weighted by molar-refractivity contribution is -0.116. The molecule has 0 aliphatic rings. The molecule has 0 aliphatic carbocycles. The number of aryl methyl sites for hydroxylation is 1. The third-order valence-corrected chi connectivity index (χ3v) is 5.21. The molecule has 1 N–H and O–H groups in total. The van der Waals surface area contributed by atoms with Crippen molar-refractivity contribution in [3.8, 4) is 0 Å². The molecule has 0 saturated carbocycles. The Hall–Kier alpha value is -3.11. The Morgan fingerprint density at radius 2 is 1.66 bits per heavy atom. The minimum absolute atomic E-state index is 0.0743.